The zero-order chi connectivity index (χ0) is 13.9. The summed E-state index contributed by atoms with van der Waals surface area (Å²) in [4.78, 5) is 23.2. The monoisotopic (exact) mass is 260 g/mol. The Balaban J connectivity index is 2.06. The van der Waals surface area contributed by atoms with Gasteiger partial charge in [0.2, 0.25) is 5.91 Å². The number of hydrogen-bond acceptors (Lipinski definition) is 5. The minimum atomic E-state index is -1.10. The van der Waals surface area contributed by atoms with Crippen LogP contribution >= 0.6 is 0 Å². The van der Waals surface area contributed by atoms with Crippen LogP contribution in [0.25, 0.3) is 0 Å². The van der Waals surface area contributed by atoms with Gasteiger partial charge in [-0.2, -0.15) is 5.26 Å². The Morgan fingerprint density at radius 1 is 1.37 bits per heavy atom. The van der Waals surface area contributed by atoms with Gasteiger partial charge in [0.15, 0.2) is 5.41 Å². The van der Waals surface area contributed by atoms with Gasteiger partial charge in [0, 0.05) is 5.69 Å². The van der Waals surface area contributed by atoms with E-state index in [1.165, 1.54) is 19.2 Å². The molecule has 1 fully saturated rings. The van der Waals surface area contributed by atoms with Gasteiger partial charge in [-0.3, -0.25) is 4.79 Å². The standard InChI is InChI=1S/C13H12N2O4/c1-18-11(16)9-2-4-10(5-3-9)15-12(17)13(6-14)7-19-8-13/h2-5H,7-8H2,1H3,(H,15,17). The van der Waals surface area contributed by atoms with Crippen molar-refractivity contribution in [2.75, 3.05) is 25.6 Å². The second kappa shape index (κ2) is 5.08. The number of hydrogen-bond donors (Lipinski definition) is 1. The molecule has 1 aliphatic heterocycles. The Hall–Kier alpha value is -2.39. The van der Waals surface area contributed by atoms with E-state index >= 15 is 0 Å². The van der Waals surface area contributed by atoms with E-state index in [0.717, 1.165) is 0 Å². The van der Waals surface area contributed by atoms with Crippen LogP contribution < -0.4 is 5.32 Å². The van der Waals surface area contributed by atoms with Crippen molar-refractivity contribution in [2.45, 2.75) is 0 Å². The lowest BCUT2D eigenvalue weighted by molar-refractivity contribution is -0.144. The van der Waals surface area contributed by atoms with E-state index in [-0.39, 0.29) is 13.2 Å². The number of nitrogens with one attached hydrogen (secondary N) is 1. The number of rotatable bonds is 3. The summed E-state index contributed by atoms with van der Waals surface area (Å²) >= 11 is 0. The maximum atomic E-state index is 11.9. The zero-order valence-corrected chi connectivity index (χ0v) is 10.3. The van der Waals surface area contributed by atoms with Gasteiger partial charge in [0.05, 0.1) is 32.0 Å². The Kier molecular flexibility index (Phi) is 3.49. The molecule has 0 aliphatic carbocycles. The number of amides is 1. The summed E-state index contributed by atoms with van der Waals surface area (Å²) in [5.41, 5.74) is -0.192. The van der Waals surface area contributed by atoms with Crippen molar-refractivity contribution in [1.29, 1.82) is 5.26 Å². The van der Waals surface area contributed by atoms with Gasteiger partial charge in [-0.1, -0.05) is 0 Å². The molecule has 0 unspecified atom stereocenters. The highest BCUT2D eigenvalue weighted by atomic mass is 16.5. The van der Waals surface area contributed by atoms with Crippen molar-refractivity contribution < 1.29 is 19.1 Å². The van der Waals surface area contributed by atoms with Crippen LogP contribution in [0.3, 0.4) is 0 Å². The van der Waals surface area contributed by atoms with Gasteiger partial charge in [-0.25, -0.2) is 4.79 Å². The number of methoxy groups -OCH3 is 1. The second-order valence-corrected chi connectivity index (χ2v) is 4.21. The summed E-state index contributed by atoms with van der Waals surface area (Å²) in [6.07, 6.45) is 0. The van der Waals surface area contributed by atoms with Gasteiger partial charge < -0.3 is 14.8 Å². The fourth-order valence-corrected chi connectivity index (χ4v) is 1.61. The lowest BCUT2D eigenvalue weighted by Gasteiger charge is -2.33. The molecular weight excluding hydrogens is 248 g/mol. The summed E-state index contributed by atoms with van der Waals surface area (Å²) in [6.45, 7) is 0.213. The van der Waals surface area contributed by atoms with E-state index < -0.39 is 17.3 Å². The SMILES string of the molecule is COC(=O)c1ccc(NC(=O)C2(C#N)COC2)cc1. The topological polar surface area (TPSA) is 88.4 Å². The van der Waals surface area contributed by atoms with Gasteiger partial charge >= 0.3 is 5.97 Å². The van der Waals surface area contributed by atoms with Crippen LogP contribution in [0, 0.1) is 16.7 Å². The lowest BCUT2D eigenvalue weighted by Crippen LogP contribution is -2.50. The summed E-state index contributed by atoms with van der Waals surface area (Å²) in [5.74, 6) is -0.842. The first-order valence-corrected chi connectivity index (χ1v) is 5.60. The average Bonchev–Trinajstić information content (AvgIpc) is 2.38. The van der Waals surface area contributed by atoms with Crippen LogP contribution in [0.1, 0.15) is 10.4 Å². The number of nitriles is 1. The van der Waals surface area contributed by atoms with Crippen molar-refractivity contribution in [2.24, 2.45) is 5.41 Å². The van der Waals surface area contributed by atoms with Crippen LogP contribution in [0.2, 0.25) is 0 Å². The first-order chi connectivity index (χ1) is 9.11. The molecule has 1 saturated heterocycles. The smallest absolute Gasteiger partial charge is 0.337 e. The minimum absolute atomic E-state index is 0.107. The van der Waals surface area contributed by atoms with E-state index in [9.17, 15) is 9.59 Å². The molecule has 1 amide bonds. The van der Waals surface area contributed by atoms with Gasteiger partial charge in [-0.15, -0.1) is 0 Å². The fraction of sp³-hybridized carbons (Fsp3) is 0.308. The first-order valence-electron chi connectivity index (χ1n) is 5.60. The van der Waals surface area contributed by atoms with Crippen LogP contribution in [-0.4, -0.2) is 32.2 Å². The molecule has 0 aromatic heterocycles. The third-order valence-corrected chi connectivity index (χ3v) is 2.91. The van der Waals surface area contributed by atoms with E-state index in [2.05, 4.69) is 10.1 Å². The third-order valence-electron chi connectivity index (χ3n) is 2.91. The number of esters is 1. The molecule has 0 atom stereocenters. The highest BCUT2D eigenvalue weighted by Crippen LogP contribution is 2.28. The Bertz CT molecular complexity index is 541. The Morgan fingerprint density at radius 3 is 2.42 bits per heavy atom. The summed E-state index contributed by atoms with van der Waals surface area (Å²) in [5, 5.41) is 11.6. The number of ether oxygens (including phenoxy) is 2. The number of nitrogens with zero attached hydrogens (tertiary/aromatic N) is 1. The van der Waals surface area contributed by atoms with Crippen molar-refractivity contribution in [3.63, 3.8) is 0 Å². The summed E-state index contributed by atoms with van der Waals surface area (Å²) < 4.78 is 9.48. The van der Waals surface area contributed by atoms with Crippen LogP contribution in [-0.2, 0) is 14.3 Å². The molecule has 1 aromatic carbocycles. The van der Waals surface area contributed by atoms with Crippen LogP contribution in [0.5, 0.6) is 0 Å². The normalized spacial score (nSPS) is 15.8. The molecule has 0 radical (unpaired) electrons. The average molecular weight is 260 g/mol. The van der Waals surface area contributed by atoms with Crippen LogP contribution in [0.15, 0.2) is 24.3 Å². The third kappa shape index (κ3) is 2.41. The van der Waals surface area contributed by atoms with Crippen molar-refractivity contribution in [3.05, 3.63) is 29.8 Å². The van der Waals surface area contributed by atoms with Gasteiger partial charge in [0.25, 0.3) is 0 Å². The summed E-state index contributed by atoms with van der Waals surface area (Å²) in [7, 11) is 1.30. The largest absolute Gasteiger partial charge is 0.465 e. The number of anilines is 1. The molecule has 19 heavy (non-hydrogen) atoms. The maximum Gasteiger partial charge on any atom is 0.337 e. The van der Waals surface area contributed by atoms with E-state index in [4.69, 9.17) is 10.00 Å². The first kappa shape index (κ1) is 13.1. The lowest BCUT2D eigenvalue weighted by atomic mass is 9.87. The molecule has 1 heterocycles. The molecule has 0 spiro atoms. The highest BCUT2D eigenvalue weighted by molar-refractivity contribution is 5.98. The Morgan fingerprint density at radius 2 is 2.00 bits per heavy atom. The van der Waals surface area contributed by atoms with E-state index in [1.54, 1.807) is 12.1 Å². The van der Waals surface area contributed by atoms with Gasteiger partial charge in [-0.05, 0) is 24.3 Å². The molecular formula is C13H12N2O4. The zero-order valence-electron chi connectivity index (χ0n) is 10.3. The molecule has 1 aromatic rings. The van der Waals surface area contributed by atoms with Crippen molar-refractivity contribution in [3.8, 4) is 6.07 Å². The Labute approximate surface area is 109 Å². The molecule has 0 saturated carbocycles. The molecule has 6 heteroatoms. The minimum Gasteiger partial charge on any atom is -0.465 e. The predicted molar refractivity (Wildman–Crippen MR) is 65.3 cm³/mol. The number of carbonyl (C=O) groups is 2. The quantitative estimate of drug-likeness (QED) is 0.817. The number of carbonyl (C=O) groups excluding carboxylic acids is 2. The molecule has 98 valence electrons. The molecule has 2 rings (SSSR count). The molecule has 1 N–H and O–H groups in total. The second-order valence-electron chi connectivity index (χ2n) is 4.21. The van der Waals surface area contributed by atoms with Gasteiger partial charge in [0.1, 0.15) is 0 Å². The summed E-state index contributed by atoms with van der Waals surface area (Å²) in [6, 6.07) is 8.20. The molecule has 1 aliphatic rings. The molecule has 6 nitrogen and oxygen atoms in total. The highest BCUT2D eigenvalue weighted by Gasteiger charge is 2.46. The van der Waals surface area contributed by atoms with Crippen molar-refractivity contribution >= 4 is 17.6 Å². The fourth-order valence-electron chi connectivity index (χ4n) is 1.61. The number of benzene rings is 1. The predicted octanol–water partition coefficient (Wildman–Crippen LogP) is 0.952. The van der Waals surface area contributed by atoms with Crippen molar-refractivity contribution in [1.82, 2.24) is 0 Å². The van der Waals surface area contributed by atoms with E-state index in [1.807, 2.05) is 6.07 Å². The van der Waals surface area contributed by atoms with Crippen LogP contribution in [0.4, 0.5) is 5.69 Å². The maximum absolute atomic E-state index is 11.9. The molecule has 0 bridgehead atoms. The van der Waals surface area contributed by atoms with E-state index in [0.29, 0.717) is 11.3 Å².